The van der Waals surface area contributed by atoms with Crippen LogP contribution >= 0.6 is 23.4 Å². The van der Waals surface area contributed by atoms with E-state index in [9.17, 15) is 9.59 Å². The molecule has 116 valence electrons. The van der Waals surface area contributed by atoms with Gasteiger partial charge < -0.3 is 15.2 Å². The van der Waals surface area contributed by atoms with E-state index in [2.05, 4.69) is 24.1 Å². The predicted octanol–water partition coefficient (Wildman–Crippen LogP) is 2.34. The summed E-state index contributed by atoms with van der Waals surface area (Å²) in [7, 11) is 0. The summed E-state index contributed by atoms with van der Waals surface area (Å²) in [6.45, 7) is 6.08. The number of carbonyl (C=O) groups is 2. The van der Waals surface area contributed by atoms with Crippen LogP contribution in [0.2, 0.25) is 5.02 Å². The largest absolute Gasteiger partial charge is 0.356 e. The molecule has 2 amide bonds. The minimum absolute atomic E-state index is 0.0833. The van der Waals surface area contributed by atoms with E-state index in [-0.39, 0.29) is 17.9 Å². The average Bonchev–Trinajstić information content (AvgIpc) is 3.06. The van der Waals surface area contributed by atoms with E-state index in [1.165, 1.54) is 0 Å². The van der Waals surface area contributed by atoms with Crippen molar-refractivity contribution >= 4 is 35.2 Å². The van der Waals surface area contributed by atoms with Gasteiger partial charge in [-0.15, -0.1) is 11.8 Å². The molecule has 0 bridgehead atoms. The van der Waals surface area contributed by atoms with Crippen LogP contribution in [-0.2, 0) is 4.79 Å². The van der Waals surface area contributed by atoms with Crippen LogP contribution in [0.4, 0.5) is 0 Å². The molecule has 2 rings (SSSR count). The third-order valence-corrected chi connectivity index (χ3v) is 4.92. The number of rotatable bonds is 4. The summed E-state index contributed by atoms with van der Waals surface area (Å²) >= 11 is 7.41. The van der Waals surface area contributed by atoms with Crippen LogP contribution in [0.15, 0.2) is 12.3 Å². The predicted molar refractivity (Wildman–Crippen MR) is 85.5 cm³/mol. The first kappa shape index (κ1) is 16.2. The van der Waals surface area contributed by atoms with Gasteiger partial charge in [0.25, 0.3) is 5.91 Å². The maximum absolute atomic E-state index is 12.4. The maximum Gasteiger partial charge on any atom is 0.271 e. The van der Waals surface area contributed by atoms with E-state index >= 15 is 0 Å². The van der Waals surface area contributed by atoms with Crippen molar-refractivity contribution in [1.29, 1.82) is 0 Å². The molecule has 1 fully saturated rings. The van der Waals surface area contributed by atoms with E-state index in [0.717, 1.165) is 0 Å². The van der Waals surface area contributed by atoms with Crippen LogP contribution in [0.25, 0.3) is 0 Å². The second-order valence-electron chi connectivity index (χ2n) is 5.56. The molecule has 5 nitrogen and oxygen atoms in total. The van der Waals surface area contributed by atoms with Crippen molar-refractivity contribution in [3.8, 4) is 0 Å². The fourth-order valence-electron chi connectivity index (χ4n) is 1.99. The molecule has 0 radical (unpaired) electrons. The number of aromatic amines is 1. The zero-order valence-corrected chi connectivity index (χ0v) is 13.9. The molecule has 1 aliphatic heterocycles. The van der Waals surface area contributed by atoms with Gasteiger partial charge in [0.2, 0.25) is 5.91 Å². The van der Waals surface area contributed by atoms with E-state index in [1.54, 1.807) is 28.9 Å². The lowest BCUT2D eigenvalue weighted by Crippen LogP contribution is -2.50. The SMILES string of the molecule is CC(C)[C@@H](C)NC(=O)[C@@H]1CSCN1C(=O)c1cc(Cl)c[nH]1. The number of hydrogen-bond donors (Lipinski definition) is 2. The van der Waals surface area contributed by atoms with Crippen LogP contribution < -0.4 is 5.32 Å². The topological polar surface area (TPSA) is 65.2 Å². The third-order valence-electron chi connectivity index (χ3n) is 3.69. The summed E-state index contributed by atoms with van der Waals surface area (Å²) in [5.41, 5.74) is 0.414. The summed E-state index contributed by atoms with van der Waals surface area (Å²) in [6.07, 6.45) is 1.56. The Morgan fingerprint density at radius 2 is 2.19 bits per heavy atom. The Labute approximate surface area is 133 Å². The average molecular weight is 330 g/mol. The second-order valence-corrected chi connectivity index (χ2v) is 7.00. The van der Waals surface area contributed by atoms with Gasteiger partial charge >= 0.3 is 0 Å². The molecule has 2 atom stereocenters. The standard InChI is InChI=1S/C14H20ClN3O2S/c1-8(2)9(3)17-13(19)12-6-21-7-18(12)14(20)11-4-10(15)5-16-11/h4-5,8-9,12,16H,6-7H2,1-3H3,(H,17,19)/t9-,12+/m1/s1. The molecule has 1 aromatic rings. The van der Waals surface area contributed by atoms with Crippen molar-refractivity contribution < 1.29 is 9.59 Å². The van der Waals surface area contributed by atoms with Crippen LogP contribution in [-0.4, -0.2) is 45.4 Å². The quantitative estimate of drug-likeness (QED) is 0.891. The molecular formula is C14H20ClN3O2S. The Morgan fingerprint density at radius 1 is 1.48 bits per heavy atom. The summed E-state index contributed by atoms with van der Waals surface area (Å²) in [4.78, 5) is 29.2. The molecule has 7 heteroatoms. The molecule has 0 saturated carbocycles. The van der Waals surface area contributed by atoms with Crippen LogP contribution in [0.3, 0.4) is 0 Å². The Hall–Kier alpha value is -1.14. The summed E-state index contributed by atoms with van der Waals surface area (Å²) < 4.78 is 0. The third kappa shape index (κ3) is 3.74. The van der Waals surface area contributed by atoms with Gasteiger partial charge in [0.1, 0.15) is 11.7 Å². The summed E-state index contributed by atoms with van der Waals surface area (Å²) in [5, 5.41) is 3.47. The molecule has 2 N–H and O–H groups in total. The van der Waals surface area contributed by atoms with E-state index in [4.69, 9.17) is 11.6 Å². The number of nitrogens with one attached hydrogen (secondary N) is 2. The smallest absolute Gasteiger partial charge is 0.271 e. The van der Waals surface area contributed by atoms with Gasteiger partial charge in [-0.1, -0.05) is 25.4 Å². The van der Waals surface area contributed by atoms with Gasteiger partial charge in [0.15, 0.2) is 0 Å². The van der Waals surface area contributed by atoms with Gasteiger partial charge in [-0.2, -0.15) is 0 Å². The number of thioether (sulfide) groups is 1. The fourth-order valence-corrected chi connectivity index (χ4v) is 3.31. The van der Waals surface area contributed by atoms with Gasteiger partial charge in [0.05, 0.1) is 10.9 Å². The first-order valence-corrected chi connectivity index (χ1v) is 8.46. The van der Waals surface area contributed by atoms with Gasteiger partial charge in [-0.05, 0) is 18.9 Å². The number of amides is 2. The molecule has 1 saturated heterocycles. The highest BCUT2D eigenvalue weighted by Gasteiger charge is 2.36. The normalized spacial score (nSPS) is 19.9. The zero-order chi connectivity index (χ0) is 15.6. The van der Waals surface area contributed by atoms with E-state index < -0.39 is 6.04 Å². The second kappa shape index (κ2) is 6.75. The van der Waals surface area contributed by atoms with E-state index in [0.29, 0.717) is 28.3 Å². The molecular weight excluding hydrogens is 310 g/mol. The highest BCUT2D eigenvalue weighted by atomic mass is 35.5. The van der Waals surface area contributed by atoms with Crippen molar-refractivity contribution in [2.24, 2.45) is 5.92 Å². The minimum Gasteiger partial charge on any atom is -0.356 e. The lowest BCUT2D eigenvalue weighted by Gasteiger charge is -2.25. The highest BCUT2D eigenvalue weighted by Crippen LogP contribution is 2.24. The van der Waals surface area contributed by atoms with Gasteiger partial charge in [-0.25, -0.2) is 0 Å². The summed E-state index contributed by atoms with van der Waals surface area (Å²) in [5.74, 6) is 1.21. The number of aromatic nitrogens is 1. The molecule has 1 aliphatic rings. The molecule has 0 aliphatic carbocycles. The zero-order valence-electron chi connectivity index (χ0n) is 12.4. The van der Waals surface area contributed by atoms with Crippen molar-refractivity contribution in [2.75, 3.05) is 11.6 Å². The molecule has 21 heavy (non-hydrogen) atoms. The molecule has 2 heterocycles. The van der Waals surface area contributed by atoms with Crippen molar-refractivity contribution in [2.45, 2.75) is 32.9 Å². The minimum atomic E-state index is -0.425. The van der Waals surface area contributed by atoms with Crippen molar-refractivity contribution in [3.63, 3.8) is 0 Å². The number of carbonyl (C=O) groups excluding carboxylic acids is 2. The Bertz CT molecular complexity index is 532. The monoisotopic (exact) mass is 329 g/mol. The molecule has 0 spiro atoms. The number of H-pyrrole nitrogens is 1. The number of nitrogens with zero attached hydrogens (tertiary/aromatic N) is 1. The molecule has 1 aromatic heterocycles. The Balaban J connectivity index is 2.06. The molecule has 0 unspecified atom stereocenters. The highest BCUT2D eigenvalue weighted by molar-refractivity contribution is 7.99. The molecule has 0 aromatic carbocycles. The lowest BCUT2D eigenvalue weighted by atomic mass is 10.1. The maximum atomic E-state index is 12.4. The fraction of sp³-hybridized carbons (Fsp3) is 0.571. The Morgan fingerprint density at radius 3 is 2.76 bits per heavy atom. The van der Waals surface area contributed by atoms with Crippen LogP contribution in [0.1, 0.15) is 31.3 Å². The van der Waals surface area contributed by atoms with Crippen LogP contribution in [0, 0.1) is 5.92 Å². The number of halogens is 1. The Kier molecular flexibility index (Phi) is 5.22. The van der Waals surface area contributed by atoms with Crippen molar-refractivity contribution in [1.82, 2.24) is 15.2 Å². The van der Waals surface area contributed by atoms with Crippen LogP contribution in [0.5, 0.6) is 0 Å². The lowest BCUT2D eigenvalue weighted by molar-refractivity contribution is -0.125. The van der Waals surface area contributed by atoms with E-state index in [1.807, 2.05) is 6.92 Å². The first-order valence-electron chi connectivity index (χ1n) is 6.93. The van der Waals surface area contributed by atoms with Crippen molar-refractivity contribution in [3.05, 3.63) is 23.0 Å². The number of hydrogen-bond acceptors (Lipinski definition) is 3. The summed E-state index contributed by atoms with van der Waals surface area (Å²) in [6, 6.07) is 1.24. The van der Waals surface area contributed by atoms with Gasteiger partial charge in [-0.3, -0.25) is 9.59 Å². The van der Waals surface area contributed by atoms with Gasteiger partial charge in [0, 0.05) is 18.0 Å². The first-order chi connectivity index (χ1) is 9.90.